The Morgan fingerprint density at radius 1 is 0.833 bits per heavy atom. The topological polar surface area (TPSA) is 20.2 Å². The molecule has 126 valence electrons. The van der Waals surface area contributed by atoms with Crippen molar-refractivity contribution in [3.63, 3.8) is 0 Å². The Bertz CT molecular complexity index is 772. The Balaban J connectivity index is 1.54. The lowest BCUT2D eigenvalue weighted by molar-refractivity contribution is 0.170. The van der Waals surface area contributed by atoms with Crippen molar-refractivity contribution >= 4 is 21.8 Å². The van der Waals surface area contributed by atoms with Gasteiger partial charge in [-0.3, -0.25) is 0 Å². The van der Waals surface area contributed by atoms with Gasteiger partial charge < -0.3 is 14.8 Å². The first-order valence-corrected chi connectivity index (χ1v) is 9.17. The molecule has 0 unspecified atom stereocenters. The van der Waals surface area contributed by atoms with Gasteiger partial charge in [0.2, 0.25) is 0 Å². The maximum atomic E-state index is 3.61. The fourth-order valence-electron chi connectivity index (χ4n) is 4.32. The van der Waals surface area contributed by atoms with Crippen LogP contribution in [0, 0.1) is 0 Å². The molecule has 1 N–H and O–H groups in total. The van der Waals surface area contributed by atoms with E-state index >= 15 is 0 Å². The summed E-state index contributed by atoms with van der Waals surface area (Å²) in [5.74, 6) is 0. The van der Waals surface area contributed by atoms with E-state index in [1.54, 1.807) is 0 Å². The molecule has 4 rings (SSSR count). The minimum atomic E-state index is 0.599. The van der Waals surface area contributed by atoms with Crippen molar-refractivity contribution in [1.29, 1.82) is 0 Å². The molecule has 0 aliphatic carbocycles. The molecule has 3 heteroatoms. The van der Waals surface area contributed by atoms with E-state index in [2.05, 4.69) is 77.2 Å². The fourth-order valence-corrected chi connectivity index (χ4v) is 4.32. The highest BCUT2D eigenvalue weighted by molar-refractivity contribution is 6.07. The molecule has 1 aliphatic heterocycles. The van der Waals surface area contributed by atoms with Crippen molar-refractivity contribution in [2.45, 2.75) is 38.9 Å². The average Bonchev–Trinajstić information content (AvgIpc) is 2.89. The molecule has 0 radical (unpaired) electrons. The zero-order valence-corrected chi connectivity index (χ0v) is 14.7. The van der Waals surface area contributed by atoms with Crippen LogP contribution in [0.15, 0.2) is 48.5 Å². The van der Waals surface area contributed by atoms with Crippen LogP contribution in [0.3, 0.4) is 0 Å². The Hall–Kier alpha value is -1.84. The molecule has 2 aromatic carbocycles. The van der Waals surface area contributed by atoms with E-state index in [9.17, 15) is 0 Å². The average molecular weight is 321 g/mol. The van der Waals surface area contributed by atoms with Crippen LogP contribution in [-0.2, 0) is 6.54 Å². The maximum absolute atomic E-state index is 3.61. The number of nitrogens with one attached hydrogen (secondary N) is 1. The lowest BCUT2D eigenvalue weighted by atomic mass is 10.1. The second-order valence-electron chi connectivity index (χ2n) is 7.27. The molecule has 0 spiro atoms. The third-order valence-corrected chi connectivity index (χ3v) is 5.17. The summed E-state index contributed by atoms with van der Waals surface area (Å²) in [5, 5.41) is 6.36. The highest BCUT2D eigenvalue weighted by Crippen LogP contribution is 2.28. The summed E-state index contributed by atoms with van der Waals surface area (Å²) in [6.45, 7) is 9.16. The van der Waals surface area contributed by atoms with Crippen LogP contribution >= 0.6 is 0 Å². The first-order valence-electron chi connectivity index (χ1n) is 9.17. The van der Waals surface area contributed by atoms with E-state index < -0.39 is 0 Å². The predicted molar refractivity (Wildman–Crippen MR) is 103 cm³/mol. The lowest BCUT2D eigenvalue weighted by Crippen LogP contribution is -2.54. The number of nitrogens with zero attached hydrogens (tertiary/aromatic N) is 2. The number of rotatable bonds is 4. The van der Waals surface area contributed by atoms with Gasteiger partial charge in [0.05, 0.1) is 0 Å². The zero-order valence-electron chi connectivity index (χ0n) is 14.7. The quantitative estimate of drug-likeness (QED) is 0.787. The van der Waals surface area contributed by atoms with Crippen molar-refractivity contribution in [2.75, 3.05) is 19.6 Å². The summed E-state index contributed by atoms with van der Waals surface area (Å²) in [4.78, 5) is 2.61. The van der Waals surface area contributed by atoms with Crippen LogP contribution in [0.1, 0.15) is 20.3 Å². The Labute approximate surface area is 144 Å². The number of para-hydroxylation sites is 2. The van der Waals surface area contributed by atoms with Gasteiger partial charge in [-0.05, 0) is 38.9 Å². The minimum absolute atomic E-state index is 0.599. The molecule has 0 amide bonds. The fraction of sp³-hybridized carbons (Fsp3) is 0.429. The first-order chi connectivity index (χ1) is 11.7. The van der Waals surface area contributed by atoms with E-state index in [4.69, 9.17) is 0 Å². The molecule has 1 aromatic heterocycles. The second kappa shape index (κ2) is 6.58. The van der Waals surface area contributed by atoms with Crippen molar-refractivity contribution in [1.82, 2.24) is 14.8 Å². The highest BCUT2D eigenvalue weighted by atomic mass is 15.2. The van der Waals surface area contributed by atoms with Crippen LogP contribution in [0.5, 0.6) is 0 Å². The number of hydrogen-bond donors (Lipinski definition) is 1. The van der Waals surface area contributed by atoms with Crippen molar-refractivity contribution in [3.8, 4) is 0 Å². The predicted octanol–water partition coefficient (Wildman–Crippen LogP) is 3.87. The van der Waals surface area contributed by atoms with E-state index in [1.807, 2.05) is 0 Å². The third kappa shape index (κ3) is 2.94. The van der Waals surface area contributed by atoms with Crippen LogP contribution in [0.4, 0.5) is 0 Å². The van der Waals surface area contributed by atoms with Gasteiger partial charge in [0.1, 0.15) is 0 Å². The number of benzene rings is 2. The number of piperazine rings is 1. The van der Waals surface area contributed by atoms with Crippen molar-refractivity contribution < 1.29 is 0 Å². The van der Waals surface area contributed by atoms with Crippen LogP contribution in [0.2, 0.25) is 0 Å². The van der Waals surface area contributed by atoms with Crippen LogP contribution in [-0.4, -0.2) is 41.2 Å². The van der Waals surface area contributed by atoms with Crippen LogP contribution in [0.25, 0.3) is 21.8 Å². The molecular formula is C21H27N3. The summed E-state index contributed by atoms with van der Waals surface area (Å²) in [6.07, 6.45) is 1.20. The number of aromatic nitrogens is 1. The molecule has 1 aliphatic rings. The second-order valence-corrected chi connectivity index (χ2v) is 7.27. The summed E-state index contributed by atoms with van der Waals surface area (Å²) in [7, 11) is 0. The van der Waals surface area contributed by atoms with Gasteiger partial charge in [-0.1, -0.05) is 36.4 Å². The monoisotopic (exact) mass is 321 g/mol. The number of fused-ring (bicyclic) bond motifs is 3. The zero-order chi connectivity index (χ0) is 16.5. The molecule has 1 saturated heterocycles. The largest absolute Gasteiger partial charge is 0.340 e. The summed E-state index contributed by atoms with van der Waals surface area (Å²) in [6, 6.07) is 18.8. The molecule has 0 saturated carbocycles. The van der Waals surface area contributed by atoms with Gasteiger partial charge in [-0.25, -0.2) is 0 Å². The number of hydrogen-bond acceptors (Lipinski definition) is 2. The molecule has 24 heavy (non-hydrogen) atoms. The minimum Gasteiger partial charge on any atom is -0.340 e. The third-order valence-electron chi connectivity index (χ3n) is 5.17. The van der Waals surface area contributed by atoms with Gasteiger partial charge >= 0.3 is 0 Å². The Kier molecular flexibility index (Phi) is 4.30. The maximum Gasteiger partial charge on any atom is 0.0491 e. The van der Waals surface area contributed by atoms with Gasteiger partial charge in [-0.15, -0.1) is 0 Å². The van der Waals surface area contributed by atoms with Gasteiger partial charge in [0, 0.05) is 53.5 Å². The van der Waals surface area contributed by atoms with Gasteiger partial charge in [0.15, 0.2) is 0 Å². The SMILES string of the molecule is C[C@@H]1CN(CCCn2c3ccccc3c3ccccc32)C[C@@H](C)N1. The van der Waals surface area contributed by atoms with Gasteiger partial charge in [0.25, 0.3) is 0 Å². The highest BCUT2D eigenvalue weighted by Gasteiger charge is 2.20. The summed E-state index contributed by atoms with van der Waals surface area (Å²) < 4.78 is 2.50. The Morgan fingerprint density at radius 3 is 1.96 bits per heavy atom. The molecule has 3 nitrogen and oxygen atoms in total. The van der Waals surface area contributed by atoms with Crippen LogP contribution < -0.4 is 5.32 Å². The molecule has 3 aromatic rings. The number of aryl methyl sites for hydroxylation is 1. The van der Waals surface area contributed by atoms with E-state index in [1.165, 1.54) is 34.8 Å². The Morgan fingerprint density at radius 2 is 1.38 bits per heavy atom. The summed E-state index contributed by atoms with van der Waals surface area (Å²) in [5.41, 5.74) is 2.72. The smallest absolute Gasteiger partial charge is 0.0491 e. The molecule has 2 heterocycles. The van der Waals surface area contributed by atoms with E-state index in [0.29, 0.717) is 12.1 Å². The van der Waals surface area contributed by atoms with Crippen molar-refractivity contribution in [2.24, 2.45) is 0 Å². The first kappa shape index (κ1) is 15.7. The lowest BCUT2D eigenvalue weighted by Gasteiger charge is -2.36. The molecular weight excluding hydrogens is 294 g/mol. The van der Waals surface area contributed by atoms with Gasteiger partial charge in [-0.2, -0.15) is 0 Å². The molecule has 1 fully saturated rings. The summed E-state index contributed by atoms with van der Waals surface area (Å²) >= 11 is 0. The molecule has 0 bridgehead atoms. The van der Waals surface area contributed by atoms with E-state index in [-0.39, 0.29) is 0 Å². The van der Waals surface area contributed by atoms with E-state index in [0.717, 1.165) is 19.6 Å². The standard InChI is InChI=1S/C21H27N3/c1-16-14-23(15-17(2)22-16)12-7-13-24-20-10-5-3-8-18(20)19-9-4-6-11-21(19)24/h3-6,8-11,16-17,22H,7,12-15H2,1-2H3/t16-,17-/m1/s1. The normalized spacial score (nSPS) is 22.4. The van der Waals surface area contributed by atoms with Crippen molar-refractivity contribution in [3.05, 3.63) is 48.5 Å². The molecule has 2 atom stereocenters.